The summed E-state index contributed by atoms with van der Waals surface area (Å²) in [7, 11) is 0. The Balaban J connectivity index is 1.56. The van der Waals surface area contributed by atoms with Crippen molar-refractivity contribution in [1.82, 2.24) is 10.6 Å². The Hall–Kier alpha value is -1.63. The van der Waals surface area contributed by atoms with Crippen LogP contribution in [0, 0.1) is 0 Å². The number of carbonyl (C=O) groups excluding carboxylic acids is 1. The Kier molecular flexibility index (Phi) is 5.98. The molecule has 0 bridgehead atoms. The van der Waals surface area contributed by atoms with Crippen LogP contribution in [0.15, 0.2) is 30.3 Å². The van der Waals surface area contributed by atoms with Crippen LogP contribution in [0.5, 0.6) is 0 Å². The van der Waals surface area contributed by atoms with Crippen molar-refractivity contribution in [2.75, 3.05) is 13.2 Å². The number of nitrogens with one attached hydrogen (secondary N) is 2. The molecule has 1 aliphatic carbocycles. The largest absolute Gasteiger partial charge is 0.445 e. The van der Waals surface area contributed by atoms with Gasteiger partial charge in [-0.05, 0) is 18.4 Å². The molecule has 4 N–H and O–H groups in total. The van der Waals surface area contributed by atoms with E-state index in [1.807, 2.05) is 30.3 Å². The van der Waals surface area contributed by atoms with Gasteiger partial charge >= 0.3 is 6.09 Å². The third-order valence-electron chi connectivity index (χ3n) is 3.53. The topological polar surface area (TPSA) is 90.8 Å². The molecule has 1 aromatic rings. The fraction of sp³-hybridized carbons (Fsp3) is 0.533. The summed E-state index contributed by atoms with van der Waals surface area (Å²) in [5, 5.41) is 23.8. The Morgan fingerprint density at radius 1 is 1.29 bits per heavy atom. The van der Waals surface area contributed by atoms with E-state index in [0.29, 0.717) is 6.54 Å². The highest BCUT2D eigenvalue weighted by Gasteiger charge is 2.30. The first-order valence-corrected chi connectivity index (χ1v) is 7.17. The minimum Gasteiger partial charge on any atom is -0.445 e. The summed E-state index contributed by atoms with van der Waals surface area (Å²) in [6, 6.07) is 9.91. The summed E-state index contributed by atoms with van der Waals surface area (Å²) < 4.78 is 5.14. The Bertz CT molecular complexity index is 435. The molecule has 116 valence electrons. The first kappa shape index (κ1) is 15.8. The molecular formula is C15H22N2O4. The maximum atomic E-state index is 11.6. The number of rotatable bonds is 7. The molecule has 1 unspecified atom stereocenters. The van der Waals surface area contributed by atoms with Gasteiger partial charge in [-0.2, -0.15) is 0 Å². The predicted octanol–water partition coefficient (Wildman–Crippen LogP) is 0.387. The minimum atomic E-state index is -0.729. The van der Waals surface area contributed by atoms with Crippen molar-refractivity contribution in [3.63, 3.8) is 0 Å². The molecule has 0 aliphatic heterocycles. The van der Waals surface area contributed by atoms with Gasteiger partial charge in [-0.3, -0.25) is 0 Å². The molecule has 1 saturated carbocycles. The van der Waals surface area contributed by atoms with Crippen LogP contribution in [0.25, 0.3) is 0 Å². The molecule has 6 heteroatoms. The van der Waals surface area contributed by atoms with Crippen LogP contribution in [-0.2, 0) is 11.3 Å². The number of aliphatic hydroxyl groups is 2. The molecule has 6 nitrogen and oxygen atoms in total. The van der Waals surface area contributed by atoms with E-state index < -0.39 is 12.2 Å². The third kappa shape index (κ3) is 5.34. The first-order valence-electron chi connectivity index (χ1n) is 7.17. The normalized spacial score (nSPS) is 22.2. The van der Waals surface area contributed by atoms with Crippen LogP contribution in [0.2, 0.25) is 0 Å². The summed E-state index contributed by atoms with van der Waals surface area (Å²) in [6.45, 7) is 0.392. The zero-order valence-corrected chi connectivity index (χ0v) is 11.9. The average molecular weight is 294 g/mol. The van der Waals surface area contributed by atoms with Crippen LogP contribution < -0.4 is 10.6 Å². The van der Waals surface area contributed by atoms with E-state index in [1.165, 1.54) is 0 Å². The number of aliphatic hydroxyl groups excluding tert-OH is 2. The molecule has 1 fully saturated rings. The molecule has 2 rings (SSSR count). The second kappa shape index (κ2) is 7.97. The van der Waals surface area contributed by atoms with E-state index in [1.54, 1.807) is 0 Å². The van der Waals surface area contributed by atoms with E-state index in [4.69, 9.17) is 9.84 Å². The van der Waals surface area contributed by atoms with Gasteiger partial charge in [-0.1, -0.05) is 30.3 Å². The van der Waals surface area contributed by atoms with E-state index >= 15 is 0 Å². The quantitative estimate of drug-likeness (QED) is 0.584. The molecule has 0 saturated heterocycles. The smallest absolute Gasteiger partial charge is 0.407 e. The molecule has 0 aromatic heterocycles. The molecule has 1 aliphatic rings. The zero-order valence-electron chi connectivity index (χ0n) is 11.9. The SMILES string of the molecule is O=C(NC1CC(NCC(O)CO)C1)OCc1ccccc1. The lowest BCUT2D eigenvalue weighted by molar-refractivity contribution is 0.0847. The van der Waals surface area contributed by atoms with Gasteiger partial charge in [-0.25, -0.2) is 4.79 Å². The van der Waals surface area contributed by atoms with Gasteiger partial charge in [-0.15, -0.1) is 0 Å². The lowest BCUT2D eigenvalue weighted by Crippen LogP contribution is -2.53. The Morgan fingerprint density at radius 3 is 2.67 bits per heavy atom. The van der Waals surface area contributed by atoms with Crippen LogP contribution in [-0.4, -0.2) is 47.6 Å². The molecule has 1 amide bonds. The number of hydrogen-bond donors (Lipinski definition) is 4. The van der Waals surface area contributed by atoms with Gasteiger partial charge in [0.2, 0.25) is 0 Å². The molecule has 21 heavy (non-hydrogen) atoms. The van der Waals surface area contributed by atoms with Gasteiger partial charge in [0.05, 0.1) is 12.7 Å². The van der Waals surface area contributed by atoms with E-state index in [2.05, 4.69) is 10.6 Å². The van der Waals surface area contributed by atoms with Crippen molar-refractivity contribution >= 4 is 6.09 Å². The number of benzene rings is 1. The molecule has 0 radical (unpaired) electrons. The van der Waals surface area contributed by atoms with Crippen molar-refractivity contribution < 1.29 is 19.7 Å². The molecular weight excluding hydrogens is 272 g/mol. The Labute approximate surface area is 124 Å². The molecule has 0 heterocycles. The first-order chi connectivity index (χ1) is 10.2. The minimum absolute atomic E-state index is 0.108. The van der Waals surface area contributed by atoms with Crippen molar-refractivity contribution in [2.24, 2.45) is 0 Å². The summed E-state index contributed by atoms with van der Waals surface area (Å²) in [6.07, 6.45) is 0.475. The van der Waals surface area contributed by atoms with E-state index in [9.17, 15) is 9.90 Å². The van der Waals surface area contributed by atoms with Gasteiger partial charge in [0.25, 0.3) is 0 Å². The number of alkyl carbamates (subject to hydrolysis) is 1. The second-order valence-electron chi connectivity index (χ2n) is 5.32. The zero-order chi connectivity index (χ0) is 15.1. The predicted molar refractivity (Wildman–Crippen MR) is 77.7 cm³/mol. The number of carbonyl (C=O) groups is 1. The summed E-state index contributed by atoms with van der Waals surface area (Å²) in [5.41, 5.74) is 0.957. The van der Waals surface area contributed by atoms with Crippen LogP contribution in [0.3, 0.4) is 0 Å². The number of ether oxygens (including phenoxy) is 1. The maximum absolute atomic E-state index is 11.6. The third-order valence-corrected chi connectivity index (χ3v) is 3.53. The maximum Gasteiger partial charge on any atom is 0.407 e. The van der Waals surface area contributed by atoms with Gasteiger partial charge in [0.15, 0.2) is 0 Å². The van der Waals surface area contributed by atoms with Crippen LogP contribution in [0.4, 0.5) is 4.79 Å². The molecule has 1 aromatic carbocycles. The average Bonchev–Trinajstić information content (AvgIpc) is 2.48. The van der Waals surface area contributed by atoms with Crippen molar-refractivity contribution in [3.05, 3.63) is 35.9 Å². The van der Waals surface area contributed by atoms with E-state index in [-0.39, 0.29) is 25.3 Å². The monoisotopic (exact) mass is 294 g/mol. The summed E-state index contributed by atoms with van der Waals surface area (Å²) in [5.74, 6) is 0. The highest BCUT2D eigenvalue weighted by atomic mass is 16.5. The summed E-state index contributed by atoms with van der Waals surface area (Å²) in [4.78, 5) is 11.6. The van der Waals surface area contributed by atoms with Gasteiger partial charge in [0, 0.05) is 18.6 Å². The lowest BCUT2D eigenvalue weighted by Gasteiger charge is -2.36. The van der Waals surface area contributed by atoms with Crippen LogP contribution >= 0.6 is 0 Å². The van der Waals surface area contributed by atoms with E-state index in [0.717, 1.165) is 18.4 Å². The Morgan fingerprint density at radius 2 is 2.00 bits per heavy atom. The highest BCUT2D eigenvalue weighted by molar-refractivity contribution is 5.67. The van der Waals surface area contributed by atoms with Crippen LogP contribution in [0.1, 0.15) is 18.4 Å². The molecule has 1 atom stereocenters. The molecule has 0 spiro atoms. The standard InChI is InChI=1S/C15H22N2O4/c18-9-14(19)8-16-12-6-13(7-12)17-15(20)21-10-11-4-2-1-3-5-11/h1-5,12-14,16,18-19H,6-10H2,(H,17,20). The second-order valence-corrected chi connectivity index (χ2v) is 5.32. The fourth-order valence-electron chi connectivity index (χ4n) is 2.20. The van der Waals surface area contributed by atoms with Crippen molar-refractivity contribution in [1.29, 1.82) is 0 Å². The summed E-state index contributed by atoms with van der Waals surface area (Å²) >= 11 is 0. The van der Waals surface area contributed by atoms with Crippen molar-refractivity contribution in [2.45, 2.75) is 37.6 Å². The highest BCUT2D eigenvalue weighted by Crippen LogP contribution is 2.20. The lowest BCUT2D eigenvalue weighted by atomic mass is 9.87. The number of hydrogen-bond acceptors (Lipinski definition) is 5. The van der Waals surface area contributed by atoms with Crippen molar-refractivity contribution in [3.8, 4) is 0 Å². The number of amides is 1. The van der Waals surface area contributed by atoms with Gasteiger partial charge < -0.3 is 25.6 Å². The fourth-order valence-corrected chi connectivity index (χ4v) is 2.20. The van der Waals surface area contributed by atoms with Gasteiger partial charge in [0.1, 0.15) is 6.61 Å².